The van der Waals surface area contributed by atoms with Crippen molar-refractivity contribution in [1.29, 1.82) is 0 Å². The first-order valence-electron chi connectivity index (χ1n) is 14.3. The molecule has 2 aliphatic carbocycles. The van der Waals surface area contributed by atoms with Gasteiger partial charge in [0.2, 0.25) is 0 Å². The Kier molecular flexibility index (Phi) is 5.18. The molecule has 0 aromatic heterocycles. The molecule has 0 saturated carbocycles. The van der Waals surface area contributed by atoms with Gasteiger partial charge in [-0.2, -0.15) is 0 Å². The van der Waals surface area contributed by atoms with Crippen LogP contribution in [0.25, 0.3) is 33.4 Å². The quantitative estimate of drug-likeness (QED) is 0.200. The SMILES string of the molecule is C#CC1(c2ccc(-c3ccc(C4(C#C)c5ccccc5-c5ccccc54)cc3)cc2)c2ccccc2-c2ccccc21. The molecule has 0 saturated heterocycles. The molecule has 0 bridgehead atoms. The Labute approximate surface area is 247 Å². The highest BCUT2D eigenvalue weighted by molar-refractivity contribution is 5.87. The van der Waals surface area contributed by atoms with Crippen LogP contribution in [-0.2, 0) is 10.8 Å². The van der Waals surface area contributed by atoms with Gasteiger partial charge >= 0.3 is 0 Å². The van der Waals surface area contributed by atoms with Crippen molar-refractivity contribution in [2.75, 3.05) is 0 Å². The van der Waals surface area contributed by atoms with Gasteiger partial charge in [0.25, 0.3) is 0 Å². The Morgan fingerprint density at radius 3 is 0.857 bits per heavy atom. The predicted octanol–water partition coefficient (Wildman–Crippen LogP) is 9.25. The van der Waals surface area contributed by atoms with Crippen LogP contribution in [0.3, 0.4) is 0 Å². The van der Waals surface area contributed by atoms with E-state index in [1.807, 2.05) is 0 Å². The first kappa shape index (κ1) is 24.3. The lowest BCUT2D eigenvalue weighted by Crippen LogP contribution is -2.24. The van der Waals surface area contributed by atoms with Gasteiger partial charge in [-0.1, -0.05) is 157 Å². The maximum absolute atomic E-state index is 6.38. The van der Waals surface area contributed by atoms with E-state index >= 15 is 0 Å². The average Bonchev–Trinajstić information content (AvgIpc) is 3.53. The molecule has 0 nitrogen and oxygen atoms in total. The van der Waals surface area contributed by atoms with E-state index < -0.39 is 10.8 Å². The molecule has 6 aromatic rings. The lowest BCUT2D eigenvalue weighted by Gasteiger charge is -2.28. The summed E-state index contributed by atoms with van der Waals surface area (Å²) in [5, 5.41) is 0. The predicted molar refractivity (Wildman–Crippen MR) is 173 cm³/mol. The molecular weight excluding hydrogens is 504 g/mol. The van der Waals surface area contributed by atoms with E-state index in [-0.39, 0.29) is 0 Å². The Morgan fingerprint density at radius 2 is 0.595 bits per heavy atom. The lowest BCUT2D eigenvalue weighted by molar-refractivity contribution is 0.837. The summed E-state index contributed by atoms with van der Waals surface area (Å²) in [5.74, 6) is 6.42. The minimum absolute atomic E-state index is 0.613. The molecular formula is C42H26. The molecule has 0 N–H and O–H groups in total. The third-order valence-electron chi connectivity index (χ3n) is 9.31. The van der Waals surface area contributed by atoms with Crippen molar-refractivity contribution in [1.82, 2.24) is 0 Å². The van der Waals surface area contributed by atoms with Crippen LogP contribution in [0.1, 0.15) is 33.4 Å². The molecule has 0 spiro atoms. The van der Waals surface area contributed by atoms with Gasteiger partial charge in [-0.25, -0.2) is 0 Å². The van der Waals surface area contributed by atoms with Crippen LogP contribution in [0.2, 0.25) is 0 Å². The zero-order valence-corrected chi connectivity index (χ0v) is 23.0. The molecule has 42 heavy (non-hydrogen) atoms. The van der Waals surface area contributed by atoms with Crippen LogP contribution in [0, 0.1) is 24.7 Å². The molecule has 0 aliphatic heterocycles. The van der Waals surface area contributed by atoms with E-state index in [9.17, 15) is 0 Å². The van der Waals surface area contributed by atoms with Crippen molar-refractivity contribution < 1.29 is 0 Å². The molecule has 6 aromatic carbocycles. The molecule has 8 rings (SSSR count). The van der Waals surface area contributed by atoms with E-state index in [2.05, 4.69) is 157 Å². The van der Waals surface area contributed by atoms with Gasteiger partial charge in [0, 0.05) is 0 Å². The number of fused-ring (bicyclic) bond motifs is 6. The third-order valence-corrected chi connectivity index (χ3v) is 9.31. The molecule has 0 radical (unpaired) electrons. The van der Waals surface area contributed by atoms with E-state index in [1.54, 1.807) is 0 Å². The van der Waals surface area contributed by atoms with Gasteiger partial charge in [-0.3, -0.25) is 0 Å². The molecule has 0 fully saturated rings. The number of hydrogen-bond acceptors (Lipinski definition) is 0. The number of hydrogen-bond donors (Lipinski definition) is 0. The smallest absolute Gasteiger partial charge is 0.107 e. The van der Waals surface area contributed by atoms with Gasteiger partial charge in [0.1, 0.15) is 10.8 Å². The van der Waals surface area contributed by atoms with Crippen molar-refractivity contribution in [2.24, 2.45) is 0 Å². The van der Waals surface area contributed by atoms with Gasteiger partial charge in [-0.15, -0.1) is 12.8 Å². The second-order valence-corrected chi connectivity index (χ2v) is 11.1. The summed E-state index contributed by atoms with van der Waals surface area (Å²) in [4.78, 5) is 0. The second kappa shape index (κ2) is 8.97. The van der Waals surface area contributed by atoms with Gasteiger partial charge in [0.05, 0.1) is 0 Å². The fourth-order valence-electron chi connectivity index (χ4n) is 7.40. The fraction of sp³-hybridized carbons (Fsp3) is 0.0476. The van der Waals surface area contributed by atoms with Gasteiger partial charge in [0.15, 0.2) is 0 Å². The van der Waals surface area contributed by atoms with Gasteiger partial charge < -0.3 is 0 Å². The van der Waals surface area contributed by atoms with Crippen molar-refractivity contribution in [3.63, 3.8) is 0 Å². The number of terminal acetylenes is 2. The molecule has 0 heterocycles. The van der Waals surface area contributed by atoms with Crippen molar-refractivity contribution in [3.05, 3.63) is 179 Å². The van der Waals surface area contributed by atoms with E-state index in [0.717, 1.165) is 22.3 Å². The topological polar surface area (TPSA) is 0 Å². The number of rotatable bonds is 3. The van der Waals surface area contributed by atoms with Crippen LogP contribution in [-0.4, -0.2) is 0 Å². The van der Waals surface area contributed by atoms with E-state index in [1.165, 1.54) is 44.5 Å². The normalized spacial score (nSPS) is 14.5. The second-order valence-electron chi connectivity index (χ2n) is 11.1. The highest BCUT2D eigenvalue weighted by Gasteiger charge is 2.44. The largest absolute Gasteiger partial charge is 0.118 e. The van der Waals surface area contributed by atoms with Gasteiger partial charge in [-0.05, 0) is 66.8 Å². The summed E-state index contributed by atoms with van der Waals surface area (Å²) in [5.41, 5.74) is 12.8. The summed E-state index contributed by atoms with van der Waals surface area (Å²) in [7, 11) is 0. The minimum Gasteiger partial charge on any atom is -0.118 e. The van der Waals surface area contributed by atoms with E-state index in [4.69, 9.17) is 12.8 Å². The van der Waals surface area contributed by atoms with Crippen LogP contribution in [0.15, 0.2) is 146 Å². The van der Waals surface area contributed by atoms with Crippen molar-refractivity contribution >= 4 is 0 Å². The highest BCUT2D eigenvalue weighted by Crippen LogP contribution is 2.53. The maximum atomic E-state index is 6.38. The molecule has 0 unspecified atom stereocenters. The molecule has 0 atom stereocenters. The fourth-order valence-corrected chi connectivity index (χ4v) is 7.40. The maximum Gasteiger partial charge on any atom is 0.107 e. The molecule has 0 amide bonds. The van der Waals surface area contributed by atoms with Crippen molar-refractivity contribution in [3.8, 4) is 58.1 Å². The summed E-state index contributed by atoms with van der Waals surface area (Å²) in [6, 6.07) is 51.5. The van der Waals surface area contributed by atoms with E-state index in [0.29, 0.717) is 0 Å². The zero-order valence-electron chi connectivity index (χ0n) is 23.0. The third kappa shape index (κ3) is 3.05. The first-order chi connectivity index (χ1) is 20.7. The average molecular weight is 531 g/mol. The standard InChI is InChI=1S/C42H26/c1-3-41(37-17-9-5-13-33(37)34-14-6-10-18-38(34)41)31-25-21-29(22-26-31)30-23-27-32(28-24-30)42(4-2)39-19-11-7-15-35(39)36-16-8-12-20-40(36)42/h1-2,5-28H. The van der Waals surface area contributed by atoms with Crippen molar-refractivity contribution in [2.45, 2.75) is 10.8 Å². The Morgan fingerprint density at radius 1 is 0.333 bits per heavy atom. The molecule has 194 valence electrons. The first-order valence-corrected chi connectivity index (χ1v) is 14.3. The van der Waals surface area contributed by atoms with Crippen LogP contribution in [0.5, 0.6) is 0 Å². The lowest BCUT2D eigenvalue weighted by atomic mass is 9.72. The van der Waals surface area contributed by atoms with Crippen LogP contribution < -0.4 is 0 Å². The number of benzene rings is 6. The van der Waals surface area contributed by atoms with Crippen LogP contribution in [0.4, 0.5) is 0 Å². The molecule has 0 heteroatoms. The Bertz CT molecular complexity index is 1850. The Balaban J connectivity index is 1.20. The zero-order chi connectivity index (χ0) is 28.3. The minimum atomic E-state index is -0.613. The summed E-state index contributed by atoms with van der Waals surface area (Å²) in [6.45, 7) is 0. The summed E-state index contributed by atoms with van der Waals surface area (Å²) < 4.78 is 0. The Hall–Kier alpha value is -5.56. The summed E-state index contributed by atoms with van der Waals surface area (Å²) >= 11 is 0. The monoisotopic (exact) mass is 530 g/mol. The highest BCUT2D eigenvalue weighted by atomic mass is 14.4. The van der Waals surface area contributed by atoms with Crippen LogP contribution >= 0.6 is 0 Å². The molecule has 2 aliphatic rings. The summed E-state index contributed by atoms with van der Waals surface area (Å²) in [6.07, 6.45) is 12.8.